The van der Waals surface area contributed by atoms with E-state index in [1.807, 2.05) is 30.3 Å². The lowest BCUT2D eigenvalue weighted by Gasteiger charge is -2.32. The SMILES string of the molecule is O=C(N[C@@H]1CCOC[C@H]1OCc1ccccc1)c1cncs1. The maximum atomic E-state index is 12.2. The normalized spacial score (nSPS) is 21.5. The largest absolute Gasteiger partial charge is 0.379 e. The van der Waals surface area contributed by atoms with Crippen LogP contribution in [0.3, 0.4) is 0 Å². The second kappa shape index (κ2) is 7.49. The van der Waals surface area contributed by atoms with Crippen LogP contribution in [0, 0.1) is 0 Å². The highest BCUT2D eigenvalue weighted by molar-refractivity contribution is 7.11. The van der Waals surface area contributed by atoms with Crippen LogP contribution in [0.1, 0.15) is 21.7 Å². The first kappa shape index (κ1) is 15.1. The fourth-order valence-electron chi connectivity index (χ4n) is 2.39. The number of aromatic nitrogens is 1. The van der Waals surface area contributed by atoms with Gasteiger partial charge in [0.05, 0.1) is 31.0 Å². The van der Waals surface area contributed by atoms with Gasteiger partial charge in [-0.2, -0.15) is 0 Å². The van der Waals surface area contributed by atoms with Crippen molar-refractivity contribution >= 4 is 17.2 Å². The van der Waals surface area contributed by atoms with E-state index in [1.54, 1.807) is 11.7 Å². The van der Waals surface area contributed by atoms with Gasteiger partial charge in [0.15, 0.2) is 0 Å². The van der Waals surface area contributed by atoms with Gasteiger partial charge in [-0.15, -0.1) is 11.3 Å². The van der Waals surface area contributed by atoms with Gasteiger partial charge in [0.25, 0.3) is 5.91 Å². The lowest BCUT2D eigenvalue weighted by atomic mass is 10.1. The number of rotatable bonds is 5. The summed E-state index contributed by atoms with van der Waals surface area (Å²) >= 11 is 1.34. The Kier molecular flexibility index (Phi) is 5.15. The van der Waals surface area contributed by atoms with Gasteiger partial charge >= 0.3 is 0 Å². The zero-order valence-corrected chi connectivity index (χ0v) is 12.9. The molecule has 1 aliphatic heterocycles. The molecule has 2 aromatic rings. The molecule has 116 valence electrons. The van der Waals surface area contributed by atoms with Crippen molar-refractivity contribution in [1.29, 1.82) is 0 Å². The molecule has 0 saturated carbocycles. The van der Waals surface area contributed by atoms with E-state index in [0.717, 1.165) is 12.0 Å². The topological polar surface area (TPSA) is 60.5 Å². The van der Waals surface area contributed by atoms with E-state index in [2.05, 4.69) is 10.3 Å². The van der Waals surface area contributed by atoms with E-state index in [0.29, 0.717) is 24.7 Å². The maximum Gasteiger partial charge on any atom is 0.263 e. The van der Waals surface area contributed by atoms with Crippen molar-refractivity contribution in [3.05, 3.63) is 52.5 Å². The smallest absolute Gasteiger partial charge is 0.263 e. The Labute approximate surface area is 133 Å². The van der Waals surface area contributed by atoms with Crippen molar-refractivity contribution in [2.45, 2.75) is 25.2 Å². The number of carbonyl (C=O) groups excluding carboxylic acids is 1. The third-order valence-corrected chi connectivity index (χ3v) is 4.36. The van der Waals surface area contributed by atoms with E-state index >= 15 is 0 Å². The minimum Gasteiger partial charge on any atom is -0.379 e. The first-order chi connectivity index (χ1) is 10.8. The average molecular weight is 318 g/mol. The molecular formula is C16H18N2O3S. The third-order valence-electron chi connectivity index (χ3n) is 3.58. The molecule has 1 aliphatic rings. The van der Waals surface area contributed by atoms with Gasteiger partial charge < -0.3 is 14.8 Å². The summed E-state index contributed by atoms with van der Waals surface area (Å²) in [6.45, 7) is 1.65. The van der Waals surface area contributed by atoms with Crippen LogP contribution in [0.25, 0.3) is 0 Å². The van der Waals surface area contributed by atoms with E-state index in [4.69, 9.17) is 9.47 Å². The fourth-order valence-corrected chi connectivity index (χ4v) is 2.91. The van der Waals surface area contributed by atoms with Crippen LogP contribution in [-0.2, 0) is 16.1 Å². The molecule has 0 aliphatic carbocycles. The first-order valence-corrected chi connectivity index (χ1v) is 8.13. The molecule has 1 amide bonds. The quantitative estimate of drug-likeness (QED) is 0.918. The number of hydrogen-bond acceptors (Lipinski definition) is 5. The van der Waals surface area contributed by atoms with E-state index in [9.17, 15) is 4.79 Å². The van der Waals surface area contributed by atoms with Gasteiger partial charge in [-0.05, 0) is 12.0 Å². The summed E-state index contributed by atoms with van der Waals surface area (Å²) < 4.78 is 11.4. The molecule has 1 aromatic heterocycles. The highest BCUT2D eigenvalue weighted by Gasteiger charge is 2.28. The Morgan fingerprint density at radius 1 is 1.41 bits per heavy atom. The molecule has 2 atom stereocenters. The van der Waals surface area contributed by atoms with Crippen molar-refractivity contribution in [1.82, 2.24) is 10.3 Å². The Bertz CT molecular complexity index is 589. The van der Waals surface area contributed by atoms with E-state index < -0.39 is 0 Å². The summed E-state index contributed by atoms with van der Waals surface area (Å²) in [5.74, 6) is -0.0947. The van der Waals surface area contributed by atoms with Gasteiger partial charge in [0, 0.05) is 6.61 Å². The standard InChI is InChI=1S/C16H18N2O3S/c19-16(15-8-17-11-22-15)18-13-6-7-20-10-14(13)21-9-12-4-2-1-3-5-12/h1-5,8,11,13-14H,6-7,9-10H2,(H,18,19)/t13-,14-/m1/s1. The summed E-state index contributed by atoms with van der Waals surface area (Å²) in [4.78, 5) is 16.7. The van der Waals surface area contributed by atoms with Crippen LogP contribution in [0.5, 0.6) is 0 Å². The molecule has 5 nitrogen and oxygen atoms in total. The van der Waals surface area contributed by atoms with Crippen molar-refractivity contribution in [3.8, 4) is 0 Å². The summed E-state index contributed by atoms with van der Waals surface area (Å²) in [6, 6.07) is 9.96. The van der Waals surface area contributed by atoms with Crippen molar-refractivity contribution in [3.63, 3.8) is 0 Å². The molecule has 6 heteroatoms. The number of nitrogens with zero attached hydrogens (tertiary/aromatic N) is 1. The predicted molar refractivity (Wildman–Crippen MR) is 83.8 cm³/mol. The summed E-state index contributed by atoms with van der Waals surface area (Å²) in [5, 5.41) is 3.03. The number of amides is 1. The lowest BCUT2D eigenvalue weighted by Crippen LogP contribution is -2.49. The molecule has 2 heterocycles. The monoisotopic (exact) mass is 318 g/mol. The molecule has 0 unspecified atom stereocenters. The minimum atomic E-state index is -0.133. The molecule has 1 fully saturated rings. The number of nitrogens with one attached hydrogen (secondary N) is 1. The average Bonchev–Trinajstić information content (AvgIpc) is 3.10. The highest BCUT2D eigenvalue weighted by atomic mass is 32.1. The zero-order chi connectivity index (χ0) is 15.2. The predicted octanol–water partition coefficient (Wildman–Crippen LogP) is 2.25. The zero-order valence-electron chi connectivity index (χ0n) is 12.1. The third kappa shape index (κ3) is 3.91. The van der Waals surface area contributed by atoms with Crippen LogP contribution < -0.4 is 5.32 Å². The molecule has 22 heavy (non-hydrogen) atoms. The van der Waals surface area contributed by atoms with E-state index in [1.165, 1.54) is 11.3 Å². The molecular weight excluding hydrogens is 300 g/mol. The number of thiazole rings is 1. The van der Waals surface area contributed by atoms with Crippen molar-refractivity contribution in [2.24, 2.45) is 0 Å². The fraction of sp³-hybridized carbons (Fsp3) is 0.375. The van der Waals surface area contributed by atoms with Gasteiger partial charge in [-0.25, -0.2) is 0 Å². The van der Waals surface area contributed by atoms with Gasteiger partial charge in [-0.3, -0.25) is 9.78 Å². The molecule has 1 aromatic carbocycles. The molecule has 1 N–H and O–H groups in total. The first-order valence-electron chi connectivity index (χ1n) is 7.25. The number of hydrogen-bond donors (Lipinski definition) is 1. The van der Waals surface area contributed by atoms with E-state index in [-0.39, 0.29) is 18.1 Å². The van der Waals surface area contributed by atoms with Crippen molar-refractivity contribution in [2.75, 3.05) is 13.2 Å². The Balaban J connectivity index is 1.57. The van der Waals surface area contributed by atoms with Crippen LogP contribution in [0.4, 0.5) is 0 Å². The Morgan fingerprint density at radius 3 is 3.05 bits per heavy atom. The van der Waals surface area contributed by atoms with Crippen LogP contribution >= 0.6 is 11.3 Å². The molecule has 1 saturated heterocycles. The Morgan fingerprint density at radius 2 is 2.27 bits per heavy atom. The van der Waals surface area contributed by atoms with Crippen LogP contribution in [-0.4, -0.2) is 36.3 Å². The highest BCUT2D eigenvalue weighted by Crippen LogP contribution is 2.15. The molecule has 0 bridgehead atoms. The van der Waals surface area contributed by atoms with Crippen LogP contribution in [0.2, 0.25) is 0 Å². The summed E-state index contributed by atoms with van der Waals surface area (Å²) in [7, 11) is 0. The second-order valence-electron chi connectivity index (χ2n) is 5.14. The van der Waals surface area contributed by atoms with Gasteiger partial charge in [0.2, 0.25) is 0 Å². The van der Waals surface area contributed by atoms with Gasteiger partial charge in [-0.1, -0.05) is 30.3 Å². The number of carbonyl (C=O) groups is 1. The summed E-state index contributed by atoms with van der Waals surface area (Å²) in [5.41, 5.74) is 2.77. The van der Waals surface area contributed by atoms with Crippen LogP contribution in [0.15, 0.2) is 42.0 Å². The van der Waals surface area contributed by atoms with Gasteiger partial charge in [0.1, 0.15) is 11.0 Å². The minimum absolute atomic E-state index is 0.0351. The maximum absolute atomic E-state index is 12.2. The Hall–Kier alpha value is -1.76. The number of benzene rings is 1. The van der Waals surface area contributed by atoms with Crippen molar-refractivity contribution < 1.29 is 14.3 Å². The number of ether oxygens (including phenoxy) is 2. The molecule has 0 spiro atoms. The summed E-state index contributed by atoms with van der Waals surface area (Å²) in [6.07, 6.45) is 2.20. The second-order valence-corrected chi connectivity index (χ2v) is 6.03. The molecule has 3 rings (SSSR count). The lowest BCUT2D eigenvalue weighted by molar-refractivity contribution is -0.0735. The molecule has 0 radical (unpaired) electrons.